The van der Waals surface area contributed by atoms with Crippen LogP contribution in [0.25, 0.3) is 66.1 Å². The normalized spacial score (nSPS) is 15.0. The molecule has 2 aliphatic carbocycles. The summed E-state index contributed by atoms with van der Waals surface area (Å²) in [6.45, 7) is 9.38. The summed E-state index contributed by atoms with van der Waals surface area (Å²) >= 11 is 0. The second-order valence-electron chi connectivity index (χ2n) is 15.3. The van der Waals surface area contributed by atoms with E-state index in [9.17, 15) is 0 Å². The quantitative estimate of drug-likeness (QED) is 0.189. The molecule has 51 heavy (non-hydrogen) atoms. The molecule has 0 spiro atoms. The summed E-state index contributed by atoms with van der Waals surface area (Å²) in [7, 11) is 0. The number of benzene rings is 7. The summed E-state index contributed by atoms with van der Waals surface area (Å²) in [5.41, 5.74) is 17.1. The second-order valence-corrected chi connectivity index (χ2v) is 15.3. The van der Waals surface area contributed by atoms with Crippen molar-refractivity contribution in [3.8, 4) is 22.3 Å². The molecule has 0 saturated carbocycles. The van der Waals surface area contributed by atoms with E-state index in [1.54, 1.807) is 0 Å². The van der Waals surface area contributed by atoms with Crippen molar-refractivity contribution < 1.29 is 8.83 Å². The average Bonchev–Trinajstić information content (AvgIpc) is 3.85. The lowest BCUT2D eigenvalue weighted by Gasteiger charge is -2.29. The zero-order valence-electron chi connectivity index (χ0n) is 29.0. The lowest BCUT2D eigenvalue weighted by Crippen LogP contribution is -2.16. The van der Waals surface area contributed by atoms with Crippen LogP contribution in [0.2, 0.25) is 0 Å². The maximum atomic E-state index is 6.77. The van der Waals surface area contributed by atoms with Gasteiger partial charge in [-0.2, -0.15) is 0 Å². The van der Waals surface area contributed by atoms with Crippen LogP contribution in [-0.4, -0.2) is 0 Å². The summed E-state index contributed by atoms with van der Waals surface area (Å²) in [5, 5.41) is 4.48. The van der Waals surface area contributed by atoms with E-state index in [-0.39, 0.29) is 10.8 Å². The molecule has 244 valence electrons. The fraction of sp³-hybridized carbons (Fsp3) is 0.125. The lowest BCUT2D eigenvalue weighted by molar-refractivity contribution is 0.656. The predicted octanol–water partition coefficient (Wildman–Crippen LogP) is 13.6. The first-order valence-corrected chi connectivity index (χ1v) is 17.9. The third kappa shape index (κ3) is 3.68. The molecular weight excluding hydrogens is 623 g/mol. The van der Waals surface area contributed by atoms with Gasteiger partial charge in [-0.1, -0.05) is 119 Å². The van der Waals surface area contributed by atoms with Crippen LogP contribution in [0.1, 0.15) is 49.9 Å². The van der Waals surface area contributed by atoms with Gasteiger partial charge in [0.1, 0.15) is 22.3 Å². The summed E-state index contributed by atoms with van der Waals surface area (Å²) in [4.78, 5) is 2.45. The van der Waals surface area contributed by atoms with E-state index < -0.39 is 0 Å². The molecular formula is C48H35NO2. The standard InChI is InChI=1S/C48H35NO2/c1-47(2)34-17-9-6-14-31(34)43-35(47)25-26-42-46(43)45-38(19-12-22-41(45)51-42)49(37-18-11-21-40-44(37)32-15-7-10-20-39(32)50-40)28-23-24-30-29-13-5-8-16-33(29)48(3,4)36(30)27-28/h5-27H,1-4H3. The van der Waals surface area contributed by atoms with Crippen molar-refractivity contribution in [2.45, 2.75) is 38.5 Å². The predicted molar refractivity (Wildman–Crippen MR) is 211 cm³/mol. The number of hydrogen-bond donors (Lipinski definition) is 0. The van der Waals surface area contributed by atoms with Crippen molar-refractivity contribution in [1.29, 1.82) is 0 Å². The van der Waals surface area contributed by atoms with Gasteiger partial charge >= 0.3 is 0 Å². The third-order valence-corrected chi connectivity index (χ3v) is 11.9. The molecule has 0 atom stereocenters. The van der Waals surface area contributed by atoms with E-state index in [1.807, 2.05) is 6.07 Å². The monoisotopic (exact) mass is 657 g/mol. The van der Waals surface area contributed by atoms with Crippen LogP contribution in [0.4, 0.5) is 17.1 Å². The van der Waals surface area contributed by atoms with Gasteiger partial charge in [-0.15, -0.1) is 0 Å². The van der Waals surface area contributed by atoms with E-state index in [0.29, 0.717) is 0 Å². The highest BCUT2D eigenvalue weighted by molar-refractivity contribution is 6.22. The summed E-state index contributed by atoms with van der Waals surface area (Å²) in [5.74, 6) is 0. The Morgan fingerprint density at radius 1 is 0.412 bits per heavy atom. The fourth-order valence-electron chi connectivity index (χ4n) is 9.45. The number of anilines is 3. The van der Waals surface area contributed by atoms with E-state index in [0.717, 1.165) is 55.6 Å². The Bertz CT molecular complexity index is 2940. The minimum Gasteiger partial charge on any atom is -0.456 e. The minimum absolute atomic E-state index is 0.125. The van der Waals surface area contributed by atoms with Gasteiger partial charge in [-0.05, 0) is 93.0 Å². The van der Waals surface area contributed by atoms with Crippen LogP contribution >= 0.6 is 0 Å². The van der Waals surface area contributed by atoms with Crippen LogP contribution in [0.5, 0.6) is 0 Å². The van der Waals surface area contributed by atoms with E-state index in [4.69, 9.17) is 8.83 Å². The Balaban J connectivity index is 1.27. The Kier molecular flexibility index (Phi) is 5.52. The molecule has 0 radical (unpaired) electrons. The molecule has 0 amide bonds. The van der Waals surface area contributed by atoms with Crippen molar-refractivity contribution in [3.05, 3.63) is 162 Å². The van der Waals surface area contributed by atoms with Gasteiger partial charge in [0.2, 0.25) is 0 Å². The molecule has 0 aliphatic heterocycles. The van der Waals surface area contributed by atoms with Gasteiger partial charge < -0.3 is 13.7 Å². The summed E-state index contributed by atoms with van der Waals surface area (Å²) in [6.07, 6.45) is 0. The highest BCUT2D eigenvalue weighted by Crippen LogP contribution is 2.56. The molecule has 0 saturated heterocycles. The van der Waals surface area contributed by atoms with Crippen LogP contribution < -0.4 is 4.90 Å². The Morgan fingerprint density at radius 3 is 1.78 bits per heavy atom. The molecule has 2 aliphatic rings. The molecule has 2 heterocycles. The first-order valence-electron chi connectivity index (χ1n) is 17.9. The number of hydrogen-bond acceptors (Lipinski definition) is 3. The summed E-state index contributed by atoms with van der Waals surface area (Å²) < 4.78 is 13.3. The van der Waals surface area contributed by atoms with Gasteiger partial charge in [-0.25, -0.2) is 0 Å². The van der Waals surface area contributed by atoms with Gasteiger partial charge in [0.25, 0.3) is 0 Å². The molecule has 0 fully saturated rings. The lowest BCUT2D eigenvalue weighted by atomic mass is 9.82. The molecule has 7 aromatic carbocycles. The van der Waals surface area contributed by atoms with Crippen molar-refractivity contribution in [1.82, 2.24) is 0 Å². The van der Waals surface area contributed by atoms with Gasteiger partial charge in [0, 0.05) is 27.3 Å². The van der Waals surface area contributed by atoms with E-state index in [1.165, 1.54) is 49.9 Å². The topological polar surface area (TPSA) is 29.5 Å². The van der Waals surface area contributed by atoms with Gasteiger partial charge in [0.05, 0.1) is 22.1 Å². The molecule has 2 aromatic heterocycles. The van der Waals surface area contributed by atoms with Crippen molar-refractivity contribution in [3.63, 3.8) is 0 Å². The van der Waals surface area contributed by atoms with Crippen LogP contribution in [-0.2, 0) is 10.8 Å². The van der Waals surface area contributed by atoms with Crippen LogP contribution in [0, 0.1) is 0 Å². The van der Waals surface area contributed by atoms with Crippen LogP contribution in [0.15, 0.2) is 148 Å². The number of rotatable bonds is 3. The largest absolute Gasteiger partial charge is 0.456 e. The molecule has 9 aromatic rings. The Hall–Kier alpha value is -6.06. The zero-order valence-corrected chi connectivity index (χ0v) is 29.0. The average molecular weight is 658 g/mol. The number of furan rings is 2. The smallest absolute Gasteiger partial charge is 0.137 e. The van der Waals surface area contributed by atoms with Crippen molar-refractivity contribution >= 4 is 60.9 Å². The van der Waals surface area contributed by atoms with E-state index in [2.05, 4.69) is 166 Å². The first kappa shape index (κ1) is 28.7. The highest BCUT2D eigenvalue weighted by atomic mass is 16.3. The van der Waals surface area contributed by atoms with Crippen molar-refractivity contribution in [2.24, 2.45) is 0 Å². The SMILES string of the molecule is CC1(C)c2ccccc2-c2ccc(N(c3cccc4oc5ccccc5c34)c3cccc4oc5ccc6c(c5c34)-c3ccccc3C6(C)C)cc21. The van der Waals surface area contributed by atoms with Crippen molar-refractivity contribution in [2.75, 3.05) is 4.90 Å². The second kappa shape index (κ2) is 9.80. The van der Waals surface area contributed by atoms with E-state index >= 15 is 0 Å². The van der Waals surface area contributed by atoms with Gasteiger partial charge in [-0.3, -0.25) is 0 Å². The highest BCUT2D eigenvalue weighted by Gasteiger charge is 2.39. The maximum Gasteiger partial charge on any atom is 0.137 e. The van der Waals surface area contributed by atoms with Crippen LogP contribution in [0.3, 0.4) is 0 Å². The minimum atomic E-state index is -0.146. The first-order chi connectivity index (χ1) is 24.8. The number of para-hydroxylation sites is 1. The molecule has 0 bridgehead atoms. The molecule has 11 rings (SSSR count). The third-order valence-electron chi connectivity index (χ3n) is 11.9. The molecule has 3 nitrogen and oxygen atoms in total. The fourth-order valence-corrected chi connectivity index (χ4v) is 9.45. The number of fused-ring (bicyclic) bond motifs is 13. The summed E-state index contributed by atoms with van der Waals surface area (Å²) in [6, 6.07) is 50.5. The Labute approximate surface area is 296 Å². The Morgan fingerprint density at radius 2 is 0.980 bits per heavy atom. The molecule has 3 heteroatoms. The van der Waals surface area contributed by atoms with Gasteiger partial charge in [0.15, 0.2) is 0 Å². The molecule has 0 N–H and O–H groups in total. The molecule has 0 unspecified atom stereocenters. The zero-order chi connectivity index (χ0) is 34.2. The maximum absolute atomic E-state index is 6.77. The number of nitrogens with zero attached hydrogens (tertiary/aromatic N) is 1.